The normalized spacial score (nSPS) is 15.1. The lowest BCUT2D eigenvalue weighted by Gasteiger charge is -2.29. The van der Waals surface area contributed by atoms with E-state index in [1.807, 2.05) is 43.5 Å². The molecule has 1 atom stereocenters. The highest BCUT2D eigenvalue weighted by atomic mass is 35.5. The first-order valence-corrected chi connectivity index (χ1v) is 11.9. The van der Waals surface area contributed by atoms with Crippen molar-refractivity contribution in [3.8, 4) is 29.3 Å². The number of fused-ring (bicyclic) bond motifs is 1. The van der Waals surface area contributed by atoms with Gasteiger partial charge in [0, 0.05) is 36.0 Å². The lowest BCUT2D eigenvalue weighted by atomic mass is 10.0. The number of hydrogen-bond donors (Lipinski definition) is 0. The summed E-state index contributed by atoms with van der Waals surface area (Å²) in [5.41, 5.74) is 5.01. The second-order valence-corrected chi connectivity index (χ2v) is 9.11. The average Bonchev–Trinajstić information content (AvgIpc) is 3.46. The number of rotatable bonds is 5. The molecule has 9 heteroatoms. The minimum absolute atomic E-state index is 0.260. The molecule has 8 nitrogen and oxygen atoms in total. The van der Waals surface area contributed by atoms with Gasteiger partial charge < -0.3 is 9.64 Å². The van der Waals surface area contributed by atoms with Crippen molar-refractivity contribution in [3.05, 3.63) is 70.8 Å². The average molecular weight is 486 g/mol. The van der Waals surface area contributed by atoms with Crippen molar-refractivity contribution in [1.82, 2.24) is 24.1 Å². The number of halogens is 1. The van der Waals surface area contributed by atoms with Gasteiger partial charge in [-0.2, -0.15) is 15.6 Å². The minimum Gasteiger partial charge on any atom is -0.471 e. The molecule has 1 aromatic carbocycles. The van der Waals surface area contributed by atoms with Crippen molar-refractivity contribution in [2.75, 3.05) is 13.1 Å². The Hall–Kier alpha value is -4.01. The highest BCUT2D eigenvalue weighted by Gasteiger charge is 2.24. The Morgan fingerprint density at radius 2 is 1.91 bits per heavy atom. The Morgan fingerprint density at radius 3 is 2.66 bits per heavy atom. The molecule has 0 radical (unpaired) electrons. The summed E-state index contributed by atoms with van der Waals surface area (Å²) in [6, 6.07) is 13.8. The molecule has 1 fully saturated rings. The number of pyridine rings is 1. The van der Waals surface area contributed by atoms with Crippen LogP contribution in [0, 0.1) is 29.7 Å². The van der Waals surface area contributed by atoms with Crippen molar-refractivity contribution < 1.29 is 4.74 Å². The number of likely N-dealkylation sites (tertiary alicyclic amines) is 1. The molecule has 4 aromatic rings. The molecule has 1 aliphatic rings. The van der Waals surface area contributed by atoms with Crippen molar-refractivity contribution >= 4 is 17.2 Å². The van der Waals surface area contributed by atoms with Gasteiger partial charge in [-0.15, -0.1) is 0 Å². The zero-order valence-corrected chi connectivity index (χ0v) is 20.3. The number of imidazole rings is 1. The van der Waals surface area contributed by atoms with Crippen molar-refractivity contribution in [1.29, 1.82) is 10.5 Å². The molecular weight excluding hydrogens is 462 g/mol. The van der Waals surface area contributed by atoms with Crippen LogP contribution in [0.15, 0.2) is 48.8 Å². The highest BCUT2D eigenvalue weighted by Crippen LogP contribution is 2.34. The third-order valence-electron chi connectivity index (χ3n) is 6.65. The van der Waals surface area contributed by atoms with E-state index < -0.39 is 0 Å². The fourth-order valence-corrected chi connectivity index (χ4v) is 4.99. The maximum atomic E-state index is 9.51. The molecule has 176 valence electrons. The van der Waals surface area contributed by atoms with Gasteiger partial charge in [-0.3, -0.25) is 9.08 Å². The molecule has 1 saturated heterocycles. The van der Waals surface area contributed by atoms with Gasteiger partial charge in [0.1, 0.15) is 16.9 Å². The first-order chi connectivity index (χ1) is 17.0. The Bertz CT molecular complexity index is 1470. The molecule has 5 rings (SSSR count). The summed E-state index contributed by atoms with van der Waals surface area (Å²) in [6.07, 6.45) is 7.10. The fraction of sp³-hybridized carbons (Fsp3) is 0.308. The van der Waals surface area contributed by atoms with E-state index in [4.69, 9.17) is 26.7 Å². The van der Waals surface area contributed by atoms with Gasteiger partial charge in [0.25, 0.3) is 0 Å². The number of piperidine rings is 1. The van der Waals surface area contributed by atoms with Crippen molar-refractivity contribution in [2.45, 2.75) is 38.8 Å². The molecule has 1 aliphatic heterocycles. The van der Waals surface area contributed by atoms with Crippen molar-refractivity contribution in [3.63, 3.8) is 0 Å². The number of ether oxygens (including phenoxy) is 1. The van der Waals surface area contributed by atoms with Crippen LogP contribution in [0.25, 0.3) is 16.8 Å². The molecule has 0 spiro atoms. The van der Waals surface area contributed by atoms with E-state index in [0.717, 1.165) is 48.3 Å². The zero-order valence-electron chi connectivity index (χ0n) is 19.5. The van der Waals surface area contributed by atoms with Crippen LogP contribution in [-0.4, -0.2) is 37.2 Å². The van der Waals surface area contributed by atoms with Crippen LogP contribution in [-0.2, 0) is 0 Å². The van der Waals surface area contributed by atoms with Gasteiger partial charge >= 0.3 is 0 Å². The van der Waals surface area contributed by atoms with E-state index in [-0.39, 0.29) is 12.1 Å². The van der Waals surface area contributed by atoms with Crippen molar-refractivity contribution in [2.24, 2.45) is 0 Å². The summed E-state index contributed by atoms with van der Waals surface area (Å²) in [5.74, 6) is 0.537. The molecule has 35 heavy (non-hydrogen) atoms. The topological polar surface area (TPSA) is 95.2 Å². The fourth-order valence-electron chi connectivity index (χ4n) is 4.77. The number of hydrogen-bond acceptors (Lipinski definition) is 6. The van der Waals surface area contributed by atoms with Crippen LogP contribution in [0.5, 0.6) is 5.88 Å². The SMILES string of the molecule is Cc1c(-c2cc(O[C@H](C)c3ccccc3C#N)n3c(Cl)cnc3c2)cnn1C1CCN(C#N)CC1. The van der Waals surface area contributed by atoms with E-state index in [9.17, 15) is 5.26 Å². The second-order valence-electron chi connectivity index (χ2n) is 8.72. The summed E-state index contributed by atoms with van der Waals surface area (Å²) >= 11 is 6.45. The van der Waals surface area contributed by atoms with Crippen LogP contribution in [0.2, 0.25) is 5.15 Å². The van der Waals surface area contributed by atoms with Crippen LogP contribution in [0.1, 0.15) is 48.7 Å². The maximum absolute atomic E-state index is 9.51. The Kier molecular flexibility index (Phi) is 6.07. The van der Waals surface area contributed by atoms with Gasteiger partial charge in [-0.25, -0.2) is 4.98 Å². The lowest BCUT2D eigenvalue weighted by molar-refractivity contribution is 0.214. The Morgan fingerprint density at radius 1 is 1.14 bits per heavy atom. The van der Waals surface area contributed by atoms with Crippen LogP contribution >= 0.6 is 11.6 Å². The second kappa shape index (κ2) is 9.32. The summed E-state index contributed by atoms with van der Waals surface area (Å²) < 4.78 is 10.2. The predicted octanol–water partition coefficient (Wildman–Crippen LogP) is 5.29. The lowest BCUT2D eigenvalue weighted by Crippen LogP contribution is -2.31. The third kappa shape index (κ3) is 4.18. The summed E-state index contributed by atoms with van der Waals surface area (Å²) in [5, 5.41) is 23.8. The Labute approximate surface area is 208 Å². The molecule has 3 aromatic heterocycles. The Balaban J connectivity index is 1.51. The summed E-state index contributed by atoms with van der Waals surface area (Å²) in [7, 11) is 0. The molecule has 4 heterocycles. The number of benzene rings is 1. The van der Waals surface area contributed by atoms with E-state index in [1.165, 1.54) is 0 Å². The van der Waals surface area contributed by atoms with Gasteiger partial charge in [0.05, 0.1) is 30.1 Å². The zero-order chi connectivity index (χ0) is 24.5. The van der Waals surface area contributed by atoms with Gasteiger partial charge in [0.15, 0.2) is 6.19 Å². The minimum atomic E-state index is -0.378. The van der Waals surface area contributed by atoms with Crippen LogP contribution in [0.3, 0.4) is 0 Å². The van der Waals surface area contributed by atoms with E-state index >= 15 is 0 Å². The van der Waals surface area contributed by atoms with Gasteiger partial charge in [0.2, 0.25) is 5.88 Å². The number of aromatic nitrogens is 4. The van der Waals surface area contributed by atoms with Gasteiger partial charge in [-0.1, -0.05) is 29.8 Å². The molecule has 0 amide bonds. The maximum Gasteiger partial charge on any atom is 0.201 e. The first-order valence-electron chi connectivity index (χ1n) is 11.5. The first kappa shape index (κ1) is 22.8. The van der Waals surface area contributed by atoms with E-state index in [1.54, 1.807) is 21.6 Å². The standard InChI is InChI=1S/C26H24ClN7O/c1-17-23(14-31-34(17)21-7-9-32(16-29)10-8-21)20-11-25-30-15-24(27)33(25)26(12-20)35-18(2)22-6-4-3-5-19(22)13-28/h3-6,11-12,14-15,18,21H,7-10H2,1-2H3/t18-/m1/s1. The predicted molar refractivity (Wildman–Crippen MR) is 132 cm³/mol. The highest BCUT2D eigenvalue weighted by molar-refractivity contribution is 6.29. The van der Waals surface area contributed by atoms with Crippen LogP contribution in [0.4, 0.5) is 0 Å². The monoisotopic (exact) mass is 485 g/mol. The number of nitrogens with zero attached hydrogens (tertiary/aromatic N) is 7. The van der Waals surface area contributed by atoms with Gasteiger partial charge in [-0.05, 0) is 44.4 Å². The molecule has 0 aliphatic carbocycles. The third-order valence-corrected chi connectivity index (χ3v) is 6.92. The molecule has 0 unspecified atom stereocenters. The largest absolute Gasteiger partial charge is 0.471 e. The van der Waals surface area contributed by atoms with E-state index in [0.29, 0.717) is 22.2 Å². The van der Waals surface area contributed by atoms with E-state index in [2.05, 4.69) is 28.9 Å². The molecule has 0 bridgehead atoms. The molecule has 0 saturated carbocycles. The summed E-state index contributed by atoms with van der Waals surface area (Å²) in [4.78, 5) is 6.25. The smallest absolute Gasteiger partial charge is 0.201 e. The molecular formula is C26H24ClN7O. The quantitative estimate of drug-likeness (QED) is 0.356. The summed E-state index contributed by atoms with van der Waals surface area (Å²) in [6.45, 7) is 5.47. The number of nitriles is 2. The van der Waals surface area contributed by atoms with Crippen LogP contribution < -0.4 is 4.74 Å². The molecule has 0 N–H and O–H groups in total.